The molecule has 6 heteroatoms. The highest BCUT2D eigenvalue weighted by atomic mass is 79.9. The molecule has 0 aliphatic heterocycles. The van der Waals surface area contributed by atoms with Crippen molar-refractivity contribution >= 4 is 21.8 Å². The van der Waals surface area contributed by atoms with Gasteiger partial charge in [0.2, 0.25) is 0 Å². The van der Waals surface area contributed by atoms with E-state index in [1.54, 1.807) is 37.4 Å². The SMILES string of the molecule is COc1ccc(Br)c(C(=O)NCCCNCc2ccccc2F)c1. The molecule has 0 saturated heterocycles. The molecule has 128 valence electrons. The number of benzene rings is 2. The summed E-state index contributed by atoms with van der Waals surface area (Å²) in [5, 5.41) is 6.03. The fourth-order valence-electron chi connectivity index (χ4n) is 2.18. The Morgan fingerprint density at radius 1 is 1.21 bits per heavy atom. The molecule has 4 nitrogen and oxygen atoms in total. The zero-order valence-electron chi connectivity index (χ0n) is 13.4. The first kappa shape index (κ1) is 18.4. The zero-order chi connectivity index (χ0) is 17.4. The molecule has 0 saturated carbocycles. The fraction of sp³-hybridized carbons (Fsp3) is 0.278. The van der Waals surface area contributed by atoms with Gasteiger partial charge in [0, 0.05) is 23.1 Å². The van der Waals surface area contributed by atoms with E-state index in [2.05, 4.69) is 26.6 Å². The average Bonchev–Trinajstić information content (AvgIpc) is 2.59. The molecule has 0 aliphatic carbocycles. The third-order valence-corrected chi connectivity index (χ3v) is 4.20. The third kappa shape index (κ3) is 5.32. The Labute approximate surface area is 149 Å². The molecule has 0 heterocycles. The summed E-state index contributed by atoms with van der Waals surface area (Å²) in [6.07, 6.45) is 0.752. The van der Waals surface area contributed by atoms with Crippen LogP contribution in [0.1, 0.15) is 22.3 Å². The van der Waals surface area contributed by atoms with E-state index in [1.807, 2.05) is 6.07 Å². The summed E-state index contributed by atoms with van der Waals surface area (Å²) < 4.78 is 19.3. The van der Waals surface area contributed by atoms with Crippen molar-refractivity contribution in [2.75, 3.05) is 20.2 Å². The van der Waals surface area contributed by atoms with Gasteiger partial charge in [-0.2, -0.15) is 0 Å². The molecule has 0 bridgehead atoms. The van der Waals surface area contributed by atoms with Gasteiger partial charge in [0.25, 0.3) is 5.91 Å². The van der Waals surface area contributed by atoms with Crippen LogP contribution in [0.25, 0.3) is 0 Å². The van der Waals surface area contributed by atoms with Gasteiger partial charge in [-0.3, -0.25) is 4.79 Å². The van der Waals surface area contributed by atoms with E-state index in [9.17, 15) is 9.18 Å². The molecule has 2 N–H and O–H groups in total. The lowest BCUT2D eigenvalue weighted by Crippen LogP contribution is -2.27. The van der Waals surface area contributed by atoms with Gasteiger partial charge in [0.05, 0.1) is 12.7 Å². The Morgan fingerprint density at radius 2 is 2.00 bits per heavy atom. The van der Waals surface area contributed by atoms with E-state index in [0.29, 0.717) is 36.5 Å². The van der Waals surface area contributed by atoms with Crippen LogP contribution in [0.4, 0.5) is 4.39 Å². The normalized spacial score (nSPS) is 10.5. The Morgan fingerprint density at radius 3 is 2.75 bits per heavy atom. The molecule has 0 atom stereocenters. The number of ether oxygens (including phenoxy) is 1. The van der Waals surface area contributed by atoms with Gasteiger partial charge in [0.1, 0.15) is 11.6 Å². The number of carbonyl (C=O) groups is 1. The molecule has 0 aromatic heterocycles. The summed E-state index contributed by atoms with van der Waals surface area (Å²) in [6.45, 7) is 1.70. The summed E-state index contributed by atoms with van der Waals surface area (Å²) in [5.41, 5.74) is 1.18. The number of amides is 1. The summed E-state index contributed by atoms with van der Waals surface area (Å²) in [5.74, 6) is 0.269. The zero-order valence-corrected chi connectivity index (χ0v) is 15.0. The molecule has 0 aliphatic rings. The fourth-order valence-corrected chi connectivity index (χ4v) is 2.61. The second-order valence-electron chi connectivity index (χ2n) is 5.22. The van der Waals surface area contributed by atoms with Crippen LogP contribution in [-0.4, -0.2) is 26.1 Å². The Kier molecular flexibility index (Phi) is 7.21. The van der Waals surface area contributed by atoms with Crippen LogP contribution in [0.2, 0.25) is 0 Å². The molecular formula is C18H20BrFN2O2. The molecule has 24 heavy (non-hydrogen) atoms. The van der Waals surface area contributed by atoms with Crippen molar-refractivity contribution in [1.82, 2.24) is 10.6 Å². The Hall–Kier alpha value is -1.92. The van der Waals surface area contributed by atoms with Gasteiger partial charge in [-0.25, -0.2) is 4.39 Å². The molecule has 2 aromatic rings. The molecule has 0 spiro atoms. The first-order valence-corrected chi connectivity index (χ1v) is 8.47. The van der Waals surface area contributed by atoms with Crippen molar-refractivity contribution < 1.29 is 13.9 Å². The second-order valence-corrected chi connectivity index (χ2v) is 6.08. The topological polar surface area (TPSA) is 50.4 Å². The van der Waals surface area contributed by atoms with Crippen molar-refractivity contribution in [3.05, 3.63) is 63.9 Å². The molecule has 2 rings (SSSR count). The standard InChI is InChI=1S/C18H20BrFN2O2/c1-24-14-7-8-16(19)15(11-14)18(23)22-10-4-9-21-12-13-5-2-3-6-17(13)20/h2-3,5-8,11,21H,4,9-10,12H2,1H3,(H,22,23). The van der Waals surface area contributed by atoms with E-state index < -0.39 is 0 Å². The number of halogens is 2. The van der Waals surface area contributed by atoms with Crippen LogP contribution in [0.3, 0.4) is 0 Å². The highest BCUT2D eigenvalue weighted by Gasteiger charge is 2.10. The minimum atomic E-state index is -0.207. The van der Waals surface area contributed by atoms with Crippen LogP contribution in [0.15, 0.2) is 46.9 Å². The van der Waals surface area contributed by atoms with Crippen molar-refractivity contribution in [2.24, 2.45) is 0 Å². The lowest BCUT2D eigenvalue weighted by molar-refractivity contribution is 0.0952. The Bertz CT molecular complexity index is 694. The van der Waals surface area contributed by atoms with Crippen LogP contribution in [0.5, 0.6) is 5.75 Å². The first-order chi connectivity index (χ1) is 11.6. The smallest absolute Gasteiger partial charge is 0.252 e. The van der Waals surface area contributed by atoms with E-state index in [4.69, 9.17) is 4.74 Å². The number of hydrogen-bond acceptors (Lipinski definition) is 3. The summed E-state index contributed by atoms with van der Waals surface area (Å²) in [7, 11) is 1.56. The molecule has 0 unspecified atom stereocenters. The molecule has 0 fully saturated rings. The van der Waals surface area contributed by atoms with Crippen molar-refractivity contribution in [3.63, 3.8) is 0 Å². The largest absolute Gasteiger partial charge is 0.497 e. The summed E-state index contributed by atoms with van der Waals surface area (Å²) in [4.78, 5) is 12.2. The highest BCUT2D eigenvalue weighted by molar-refractivity contribution is 9.10. The Balaban J connectivity index is 1.71. The quantitative estimate of drug-likeness (QED) is 0.673. The van der Waals surface area contributed by atoms with Gasteiger partial charge in [-0.15, -0.1) is 0 Å². The van der Waals surface area contributed by atoms with Crippen molar-refractivity contribution in [2.45, 2.75) is 13.0 Å². The monoisotopic (exact) mass is 394 g/mol. The van der Waals surface area contributed by atoms with Gasteiger partial charge in [0.15, 0.2) is 0 Å². The molecular weight excluding hydrogens is 375 g/mol. The van der Waals surface area contributed by atoms with Gasteiger partial charge >= 0.3 is 0 Å². The number of rotatable bonds is 8. The predicted molar refractivity (Wildman–Crippen MR) is 95.8 cm³/mol. The van der Waals surface area contributed by atoms with E-state index in [1.165, 1.54) is 6.07 Å². The van der Waals surface area contributed by atoms with Gasteiger partial charge < -0.3 is 15.4 Å². The number of nitrogens with one attached hydrogen (secondary N) is 2. The predicted octanol–water partition coefficient (Wildman–Crippen LogP) is 3.51. The maximum Gasteiger partial charge on any atom is 0.252 e. The number of hydrogen-bond donors (Lipinski definition) is 2. The van der Waals surface area contributed by atoms with Crippen LogP contribution >= 0.6 is 15.9 Å². The van der Waals surface area contributed by atoms with E-state index >= 15 is 0 Å². The van der Waals surface area contributed by atoms with Crippen LogP contribution < -0.4 is 15.4 Å². The minimum Gasteiger partial charge on any atom is -0.497 e. The van der Waals surface area contributed by atoms with Gasteiger partial charge in [-0.1, -0.05) is 18.2 Å². The van der Waals surface area contributed by atoms with Crippen LogP contribution in [0, 0.1) is 5.82 Å². The van der Waals surface area contributed by atoms with Gasteiger partial charge in [-0.05, 0) is 53.2 Å². The third-order valence-electron chi connectivity index (χ3n) is 3.51. The van der Waals surface area contributed by atoms with Crippen molar-refractivity contribution in [3.8, 4) is 5.75 Å². The highest BCUT2D eigenvalue weighted by Crippen LogP contribution is 2.22. The maximum absolute atomic E-state index is 13.4. The van der Waals surface area contributed by atoms with Crippen molar-refractivity contribution in [1.29, 1.82) is 0 Å². The summed E-state index contributed by atoms with van der Waals surface area (Å²) in [6, 6.07) is 11.9. The van der Waals surface area contributed by atoms with E-state index in [-0.39, 0.29) is 11.7 Å². The first-order valence-electron chi connectivity index (χ1n) is 7.67. The lowest BCUT2D eigenvalue weighted by Gasteiger charge is -2.09. The second kappa shape index (κ2) is 9.39. The number of methoxy groups -OCH3 is 1. The number of carbonyl (C=O) groups excluding carboxylic acids is 1. The minimum absolute atomic E-state index is 0.158. The maximum atomic E-state index is 13.4. The molecule has 0 radical (unpaired) electrons. The molecule has 2 aromatic carbocycles. The summed E-state index contributed by atoms with van der Waals surface area (Å²) >= 11 is 3.36. The lowest BCUT2D eigenvalue weighted by atomic mass is 10.2. The average molecular weight is 395 g/mol. The molecule has 1 amide bonds. The van der Waals surface area contributed by atoms with Crippen LogP contribution in [-0.2, 0) is 6.54 Å². The van der Waals surface area contributed by atoms with E-state index in [0.717, 1.165) is 10.9 Å².